The number of rotatable bonds is 7. The van der Waals surface area contributed by atoms with Crippen molar-refractivity contribution in [1.29, 1.82) is 0 Å². The molecule has 1 N–H and O–H groups in total. The summed E-state index contributed by atoms with van der Waals surface area (Å²) in [7, 11) is -3.99. The highest BCUT2D eigenvalue weighted by Gasteiger charge is 2.54. The molecule has 4 aliphatic rings. The van der Waals surface area contributed by atoms with Crippen LogP contribution >= 0.6 is 0 Å². The Morgan fingerprint density at radius 1 is 0.970 bits per heavy atom. The molecule has 0 atom stereocenters. The summed E-state index contributed by atoms with van der Waals surface area (Å²) in [5.41, 5.74) is -0.0971. The highest BCUT2D eigenvalue weighted by molar-refractivity contribution is 7.92. The number of esters is 1. The fourth-order valence-corrected chi connectivity index (χ4v) is 7.45. The Hall–Kier alpha value is -2.74. The maximum absolute atomic E-state index is 13.1. The fraction of sp³-hybridized carbons (Fsp3) is 0.440. The lowest BCUT2D eigenvalue weighted by molar-refractivity contribution is -0.147. The summed E-state index contributed by atoms with van der Waals surface area (Å²) in [6.45, 7) is -0.282. The maximum Gasteiger partial charge on any atom is 0.338 e. The summed E-state index contributed by atoms with van der Waals surface area (Å²) in [5, 5.41) is 0. The molecule has 4 aliphatic carbocycles. The van der Waals surface area contributed by atoms with Crippen molar-refractivity contribution in [3.63, 3.8) is 0 Å². The van der Waals surface area contributed by atoms with Crippen molar-refractivity contribution in [2.24, 2.45) is 23.2 Å². The number of sulfonamides is 1. The predicted octanol–water partition coefficient (Wildman–Crippen LogP) is 4.57. The summed E-state index contributed by atoms with van der Waals surface area (Å²) < 4.78 is 46.1. The first-order chi connectivity index (χ1) is 15.7. The van der Waals surface area contributed by atoms with Gasteiger partial charge in [-0.2, -0.15) is 0 Å². The average Bonchev–Trinajstić information content (AvgIpc) is 2.78. The van der Waals surface area contributed by atoms with E-state index in [2.05, 4.69) is 4.72 Å². The molecule has 4 fully saturated rings. The first kappa shape index (κ1) is 22.1. The number of ether oxygens (including phenoxy) is 1. The van der Waals surface area contributed by atoms with Gasteiger partial charge in [0.15, 0.2) is 12.4 Å². The SMILES string of the molecule is O=C(OCC(=O)C12CC3CC(CC(C3)C1)C2)c1cccc(S(=O)(=O)Nc2ccc(F)cc2)c1. The molecule has 0 heterocycles. The van der Waals surface area contributed by atoms with Gasteiger partial charge in [0.1, 0.15) is 5.82 Å². The molecule has 33 heavy (non-hydrogen) atoms. The number of carbonyl (C=O) groups is 2. The standard InChI is InChI=1S/C25H26FNO5S/c26-20-4-6-21(7-5-20)27-33(30,31)22-3-1-2-19(11-22)24(29)32-15-23(28)25-12-16-8-17(13-25)10-18(9-16)14-25/h1-7,11,16-18,27H,8-10,12-15H2. The van der Waals surface area contributed by atoms with Gasteiger partial charge >= 0.3 is 5.97 Å². The van der Waals surface area contributed by atoms with E-state index in [0.717, 1.165) is 31.4 Å². The van der Waals surface area contributed by atoms with Crippen LogP contribution in [0.3, 0.4) is 0 Å². The minimum Gasteiger partial charge on any atom is -0.454 e. The largest absolute Gasteiger partial charge is 0.454 e. The van der Waals surface area contributed by atoms with E-state index in [9.17, 15) is 22.4 Å². The fourth-order valence-electron chi connectivity index (χ4n) is 6.34. The van der Waals surface area contributed by atoms with E-state index in [0.29, 0.717) is 17.8 Å². The van der Waals surface area contributed by atoms with Crippen LogP contribution in [0.25, 0.3) is 0 Å². The molecule has 0 saturated heterocycles. The first-order valence-electron chi connectivity index (χ1n) is 11.3. The zero-order valence-corrected chi connectivity index (χ0v) is 18.9. The van der Waals surface area contributed by atoms with Gasteiger partial charge in [0, 0.05) is 11.1 Å². The lowest BCUT2D eigenvalue weighted by Crippen LogP contribution is -2.51. The van der Waals surface area contributed by atoms with Gasteiger partial charge in [-0.1, -0.05) is 6.07 Å². The topological polar surface area (TPSA) is 89.5 Å². The summed E-state index contributed by atoms with van der Waals surface area (Å²) in [5.74, 6) is 0.638. The quantitative estimate of drug-likeness (QED) is 0.598. The highest BCUT2D eigenvalue weighted by Crippen LogP contribution is 2.60. The molecule has 4 saturated carbocycles. The van der Waals surface area contributed by atoms with E-state index in [1.54, 1.807) is 0 Å². The maximum atomic E-state index is 13.1. The molecule has 4 bridgehead atoms. The third kappa shape index (κ3) is 4.40. The summed E-state index contributed by atoms with van der Waals surface area (Å²) in [6, 6.07) is 10.4. The zero-order valence-electron chi connectivity index (χ0n) is 18.1. The minimum absolute atomic E-state index is 0.00305. The average molecular weight is 472 g/mol. The Morgan fingerprint density at radius 3 is 2.18 bits per heavy atom. The Morgan fingerprint density at radius 2 is 1.58 bits per heavy atom. The van der Waals surface area contributed by atoms with Crippen LogP contribution in [-0.2, 0) is 19.6 Å². The van der Waals surface area contributed by atoms with Crippen molar-refractivity contribution in [2.75, 3.05) is 11.3 Å². The smallest absolute Gasteiger partial charge is 0.338 e. The number of hydrogen-bond donors (Lipinski definition) is 1. The van der Waals surface area contributed by atoms with E-state index in [1.165, 1.54) is 55.7 Å². The normalized spacial score (nSPS) is 27.8. The predicted molar refractivity (Wildman–Crippen MR) is 120 cm³/mol. The van der Waals surface area contributed by atoms with Crippen molar-refractivity contribution in [2.45, 2.75) is 43.4 Å². The number of ketones is 1. The van der Waals surface area contributed by atoms with Crippen LogP contribution in [0.1, 0.15) is 48.9 Å². The van der Waals surface area contributed by atoms with Crippen LogP contribution in [0.15, 0.2) is 53.4 Å². The van der Waals surface area contributed by atoms with Crippen molar-refractivity contribution in [3.8, 4) is 0 Å². The molecule has 2 aromatic rings. The van der Waals surface area contributed by atoms with Crippen molar-refractivity contribution in [1.82, 2.24) is 0 Å². The van der Waals surface area contributed by atoms with Crippen molar-refractivity contribution in [3.05, 3.63) is 59.9 Å². The second kappa shape index (κ2) is 8.24. The lowest BCUT2D eigenvalue weighted by atomic mass is 9.48. The molecule has 0 amide bonds. The Kier molecular flexibility index (Phi) is 5.51. The number of nitrogens with one attached hydrogen (secondary N) is 1. The molecule has 174 valence electrons. The van der Waals surface area contributed by atoms with Crippen LogP contribution < -0.4 is 4.72 Å². The molecule has 8 heteroatoms. The van der Waals surface area contributed by atoms with Gasteiger partial charge in [-0.05, 0) is 98.7 Å². The van der Waals surface area contributed by atoms with Crippen molar-refractivity contribution < 1.29 is 27.1 Å². The van der Waals surface area contributed by atoms with Gasteiger partial charge in [-0.15, -0.1) is 0 Å². The highest BCUT2D eigenvalue weighted by atomic mass is 32.2. The lowest BCUT2D eigenvalue weighted by Gasteiger charge is -2.55. The number of anilines is 1. The van der Waals surface area contributed by atoms with Crippen molar-refractivity contribution >= 4 is 27.5 Å². The molecule has 6 rings (SSSR count). The number of benzene rings is 2. The summed E-state index contributed by atoms with van der Waals surface area (Å²) >= 11 is 0. The molecule has 0 aromatic heterocycles. The Balaban J connectivity index is 1.25. The Bertz CT molecular complexity index is 1160. The van der Waals surface area contributed by atoms with E-state index < -0.39 is 21.8 Å². The van der Waals surface area contributed by atoms with Crippen LogP contribution in [0.5, 0.6) is 0 Å². The van der Waals surface area contributed by atoms with Gasteiger partial charge in [-0.25, -0.2) is 17.6 Å². The third-order valence-electron chi connectivity index (χ3n) is 7.44. The van der Waals surface area contributed by atoms with E-state index in [-0.39, 0.29) is 34.0 Å². The molecular formula is C25H26FNO5S. The third-order valence-corrected chi connectivity index (χ3v) is 8.82. The van der Waals surface area contributed by atoms with E-state index in [4.69, 9.17) is 4.74 Å². The molecule has 0 spiro atoms. The number of halogens is 1. The van der Waals surface area contributed by atoms with Crippen LogP contribution in [0.2, 0.25) is 0 Å². The van der Waals surface area contributed by atoms with E-state index >= 15 is 0 Å². The van der Waals surface area contributed by atoms with Gasteiger partial charge < -0.3 is 4.74 Å². The van der Waals surface area contributed by atoms with Gasteiger partial charge in [-0.3, -0.25) is 9.52 Å². The second-order valence-electron chi connectivity index (χ2n) is 9.84. The molecule has 2 aromatic carbocycles. The number of carbonyl (C=O) groups excluding carboxylic acids is 2. The second-order valence-corrected chi connectivity index (χ2v) is 11.5. The van der Waals surface area contributed by atoms with E-state index in [1.807, 2.05) is 0 Å². The van der Waals surface area contributed by atoms with Gasteiger partial charge in [0.05, 0.1) is 10.5 Å². The monoisotopic (exact) mass is 471 g/mol. The van der Waals surface area contributed by atoms with Crippen LogP contribution in [-0.4, -0.2) is 26.8 Å². The molecule has 0 unspecified atom stereocenters. The molecule has 0 radical (unpaired) electrons. The Labute approximate surface area is 192 Å². The van der Waals surface area contributed by atoms with Gasteiger partial charge in [0.2, 0.25) is 0 Å². The first-order valence-corrected chi connectivity index (χ1v) is 12.8. The van der Waals surface area contributed by atoms with Gasteiger partial charge in [0.25, 0.3) is 10.0 Å². The van der Waals surface area contributed by atoms with Crippen LogP contribution in [0, 0.1) is 29.0 Å². The number of Topliss-reactive ketones (excluding diaryl/α,β-unsaturated/α-hetero) is 1. The summed E-state index contributed by atoms with van der Waals surface area (Å²) in [6.07, 6.45) is 6.37. The number of hydrogen-bond acceptors (Lipinski definition) is 5. The van der Waals surface area contributed by atoms with Crippen LogP contribution in [0.4, 0.5) is 10.1 Å². The molecule has 6 nitrogen and oxygen atoms in total. The molecular weight excluding hydrogens is 445 g/mol. The minimum atomic E-state index is -3.99. The summed E-state index contributed by atoms with van der Waals surface area (Å²) in [4.78, 5) is 25.6. The molecule has 0 aliphatic heterocycles. The zero-order chi connectivity index (χ0) is 23.2.